The van der Waals surface area contributed by atoms with E-state index in [0.29, 0.717) is 12.2 Å². The van der Waals surface area contributed by atoms with E-state index in [4.69, 9.17) is 9.84 Å². The van der Waals surface area contributed by atoms with Crippen molar-refractivity contribution in [3.05, 3.63) is 23.9 Å². The van der Waals surface area contributed by atoms with Crippen molar-refractivity contribution in [2.75, 3.05) is 7.11 Å². The predicted molar refractivity (Wildman–Crippen MR) is 58.6 cm³/mol. The van der Waals surface area contributed by atoms with Gasteiger partial charge in [0.15, 0.2) is 0 Å². The zero-order chi connectivity index (χ0) is 11.5. The lowest BCUT2D eigenvalue weighted by Gasteiger charge is -2.00. The molecule has 0 fully saturated rings. The summed E-state index contributed by atoms with van der Waals surface area (Å²) in [7, 11) is 1.59. The molecule has 0 saturated heterocycles. The van der Waals surface area contributed by atoms with Crippen molar-refractivity contribution in [3.8, 4) is 5.75 Å². The molecule has 0 saturated carbocycles. The Morgan fingerprint density at radius 1 is 1.56 bits per heavy atom. The lowest BCUT2D eigenvalue weighted by atomic mass is 10.1. The molecule has 0 radical (unpaired) electrons. The lowest BCUT2D eigenvalue weighted by molar-refractivity contribution is -0.136. The first-order valence-electron chi connectivity index (χ1n) is 4.94. The number of methoxy groups -OCH3 is 1. The smallest absolute Gasteiger partial charge is 0.303 e. The van der Waals surface area contributed by atoms with Gasteiger partial charge in [0.25, 0.3) is 0 Å². The van der Waals surface area contributed by atoms with E-state index < -0.39 is 5.97 Å². The minimum Gasteiger partial charge on any atom is -0.494 e. The highest BCUT2D eigenvalue weighted by Crippen LogP contribution is 2.25. The number of fused-ring (bicyclic) bond motifs is 1. The molecule has 1 heterocycles. The van der Waals surface area contributed by atoms with Crippen molar-refractivity contribution >= 4 is 16.9 Å². The number of rotatable bonds is 4. The Morgan fingerprint density at radius 2 is 2.38 bits per heavy atom. The predicted octanol–water partition coefficient (Wildman–Crippen LogP) is 1.59. The molecule has 0 spiro atoms. The molecule has 84 valence electrons. The monoisotopic (exact) mass is 220 g/mol. The highest BCUT2D eigenvalue weighted by molar-refractivity contribution is 5.87. The number of aromatic amines is 1. The van der Waals surface area contributed by atoms with Gasteiger partial charge in [-0.2, -0.15) is 5.10 Å². The Labute approximate surface area is 92.0 Å². The molecular weight excluding hydrogens is 208 g/mol. The number of nitrogens with zero attached hydrogens (tertiary/aromatic N) is 1. The Kier molecular flexibility index (Phi) is 2.76. The normalized spacial score (nSPS) is 10.6. The summed E-state index contributed by atoms with van der Waals surface area (Å²) in [5.74, 6) is -0.106. The third-order valence-electron chi connectivity index (χ3n) is 2.44. The molecule has 5 nitrogen and oxygen atoms in total. The number of aromatic nitrogens is 2. The van der Waals surface area contributed by atoms with Crippen molar-refractivity contribution in [2.45, 2.75) is 12.8 Å². The second-order valence-corrected chi connectivity index (χ2v) is 3.45. The minimum atomic E-state index is -0.820. The van der Waals surface area contributed by atoms with Gasteiger partial charge in [-0.3, -0.25) is 9.89 Å². The Hall–Kier alpha value is -2.04. The number of benzene rings is 1. The number of aliphatic carboxylic acids is 1. The largest absolute Gasteiger partial charge is 0.494 e. The van der Waals surface area contributed by atoms with Gasteiger partial charge in [-0.1, -0.05) is 12.1 Å². The number of hydrogen-bond acceptors (Lipinski definition) is 3. The number of para-hydroxylation sites is 1. The lowest BCUT2D eigenvalue weighted by Crippen LogP contribution is -1.97. The van der Waals surface area contributed by atoms with E-state index in [0.717, 1.165) is 16.6 Å². The highest BCUT2D eigenvalue weighted by atomic mass is 16.5. The number of carboxylic acids is 1. The summed E-state index contributed by atoms with van der Waals surface area (Å²) in [4.78, 5) is 10.5. The van der Waals surface area contributed by atoms with E-state index in [1.807, 2.05) is 18.2 Å². The summed E-state index contributed by atoms with van der Waals surface area (Å²) in [5.41, 5.74) is 1.57. The number of aryl methyl sites for hydroxylation is 1. The number of carboxylic acid groups (broad SMARTS) is 1. The maximum absolute atomic E-state index is 10.5. The topological polar surface area (TPSA) is 75.2 Å². The van der Waals surface area contributed by atoms with Crippen LogP contribution in [0.3, 0.4) is 0 Å². The van der Waals surface area contributed by atoms with Crippen LogP contribution in [0, 0.1) is 0 Å². The van der Waals surface area contributed by atoms with Gasteiger partial charge in [-0.15, -0.1) is 0 Å². The molecule has 16 heavy (non-hydrogen) atoms. The molecule has 0 aliphatic rings. The second-order valence-electron chi connectivity index (χ2n) is 3.45. The van der Waals surface area contributed by atoms with Crippen LogP contribution in [-0.4, -0.2) is 28.4 Å². The molecule has 0 bridgehead atoms. The average Bonchev–Trinajstić information content (AvgIpc) is 2.69. The second kappa shape index (κ2) is 4.22. The molecule has 2 rings (SSSR count). The van der Waals surface area contributed by atoms with Gasteiger partial charge in [0.2, 0.25) is 0 Å². The van der Waals surface area contributed by atoms with E-state index in [1.165, 1.54) is 0 Å². The molecule has 2 aromatic rings. The Balaban J connectivity index is 2.37. The van der Waals surface area contributed by atoms with Crippen LogP contribution in [0.4, 0.5) is 0 Å². The van der Waals surface area contributed by atoms with Gasteiger partial charge in [0.05, 0.1) is 19.2 Å². The van der Waals surface area contributed by atoms with Crippen LogP contribution in [0.5, 0.6) is 5.75 Å². The van der Waals surface area contributed by atoms with E-state index in [2.05, 4.69) is 10.2 Å². The SMILES string of the molecule is COc1cccc2c(CCC(=O)O)n[nH]c12. The zero-order valence-corrected chi connectivity index (χ0v) is 8.86. The van der Waals surface area contributed by atoms with Crippen molar-refractivity contribution < 1.29 is 14.6 Å². The van der Waals surface area contributed by atoms with Crippen molar-refractivity contribution in [3.63, 3.8) is 0 Å². The molecule has 1 aromatic heterocycles. The summed E-state index contributed by atoms with van der Waals surface area (Å²) in [5, 5.41) is 16.5. The number of hydrogen-bond donors (Lipinski definition) is 2. The van der Waals surface area contributed by atoms with Crippen LogP contribution in [0.15, 0.2) is 18.2 Å². The van der Waals surface area contributed by atoms with Gasteiger partial charge >= 0.3 is 5.97 Å². The maximum Gasteiger partial charge on any atom is 0.303 e. The van der Waals surface area contributed by atoms with E-state index in [1.54, 1.807) is 7.11 Å². The van der Waals surface area contributed by atoms with Crippen LogP contribution in [0.2, 0.25) is 0 Å². The summed E-state index contributed by atoms with van der Waals surface area (Å²) >= 11 is 0. The molecule has 5 heteroatoms. The molecule has 0 unspecified atom stereocenters. The quantitative estimate of drug-likeness (QED) is 0.820. The van der Waals surface area contributed by atoms with Crippen LogP contribution >= 0.6 is 0 Å². The Morgan fingerprint density at radius 3 is 3.06 bits per heavy atom. The third kappa shape index (κ3) is 1.84. The minimum absolute atomic E-state index is 0.0805. The van der Waals surface area contributed by atoms with Gasteiger partial charge < -0.3 is 9.84 Å². The fourth-order valence-corrected chi connectivity index (χ4v) is 1.66. The summed E-state index contributed by atoms with van der Waals surface area (Å²) in [6.45, 7) is 0. The first-order valence-corrected chi connectivity index (χ1v) is 4.94. The summed E-state index contributed by atoms with van der Waals surface area (Å²) in [6, 6.07) is 5.60. The Bertz CT molecular complexity index is 519. The molecule has 0 aliphatic carbocycles. The van der Waals surface area contributed by atoms with Crippen molar-refractivity contribution in [1.29, 1.82) is 0 Å². The fourth-order valence-electron chi connectivity index (χ4n) is 1.66. The van der Waals surface area contributed by atoms with Crippen LogP contribution in [0.1, 0.15) is 12.1 Å². The fraction of sp³-hybridized carbons (Fsp3) is 0.273. The average molecular weight is 220 g/mol. The standard InChI is InChI=1S/C11H12N2O3/c1-16-9-4-2-3-7-8(5-6-10(14)15)12-13-11(7)9/h2-4H,5-6H2,1H3,(H,12,13)(H,14,15). The number of ether oxygens (including phenoxy) is 1. The highest BCUT2D eigenvalue weighted by Gasteiger charge is 2.10. The van der Waals surface area contributed by atoms with Crippen LogP contribution in [0.25, 0.3) is 10.9 Å². The number of carbonyl (C=O) groups is 1. The number of H-pyrrole nitrogens is 1. The van der Waals surface area contributed by atoms with Crippen LogP contribution < -0.4 is 4.74 Å². The van der Waals surface area contributed by atoms with Crippen molar-refractivity contribution in [1.82, 2.24) is 10.2 Å². The first-order chi connectivity index (χ1) is 7.72. The maximum atomic E-state index is 10.5. The molecule has 0 aliphatic heterocycles. The van der Waals surface area contributed by atoms with E-state index in [9.17, 15) is 4.79 Å². The molecule has 0 amide bonds. The van der Waals surface area contributed by atoms with Crippen LogP contribution in [-0.2, 0) is 11.2 Å². The van der Waals surface area contributed by atoms with Gasteiger partial charge in [-0.25, -0.2) is 0 Å². The molecule has 2 N–H and O–H groups in total. The first kappa shape index (κ1) is 10.5. The van der Waals surface area contributed by atoms with Gasteiger partial charge in [0, 0.05) is 11.8 Å². The van der Waals surface area contributed by atoms with Gasteiger partial charge in [0.1, 0.15) is 11.3 Å². The zero-order valence-electron chi connectivity index (χ0n) is 8.86. The summed E-state index contributed by atoms with van der Waals surface area (Å²) in [6.07, 6.45) is 0.500. The van der Waals surface area contributed by atoms with Crippen molar-refractivity contribution in [2.24, 2.45) is 0 Å². The van der Waals surface area contributed by atoms with E-state index in [-0.39, 0.29) is 6.42 Å². The van der Waals surface area contributed by atoms with Gasteiger partial charge in [-0.05, 0) is 6.07 Å². The summed E-state index contributed by atoms with van der Waals surface area (Å²) < 4.78 is 5.18. The van der Waals surface area contributed by atoms with E-state index >= 15 is 0 Å². The molecule has 1 aromatic carbocycles. The molecule has 0 atom stereocenters. The third-order valence-corrected chi connectivity index (χ3v) is 2.44. The number of nitrogens with one attached hydrogen (secondary N) is 1. The molecular formula is C11H12N2O3.